The number of hydrogen-bond donors (Lipinski definition) is 1. The van der Waals surface area contributed by atoms with Crippen LogP contribution in [-0.2, 0) is 4.79 Å². The molecular formula is C13H18ClN3O2S. The SMILES string of the molecule is CC(=O)N1CCN(C(=O)N[C@@H](C)c2ccc(Cl)s2)CC1. The molecule has 3 amide bonds. The van der Waals surface area contributed by atoms with Crippen LogP contribution in [0.3, 0.4) is 0 Å². The van der Waals surface area contributed by atoms with Gasteiger partial charge in [-0.1, -0.05) is 11.6 Å². The van der Waals surface area contributed by atoms with Crippen molar-refractivity contribution in [2.24, 2.45) is 0 Å². The molecule has 1 aliphatic heterocycles. The first-order valence-corrected chi connectivity index (χ1v) is 7.73. The summed E-state index contributed by atoms with van der Waals surface area (Å²) in [4.78, 5) is 27.9. The molecule has 110 valence electrons. The molecule has 0 spiro atoms. The monoisotopic (exact) mass is 315 g/mol. The van der Waals surface area contributed by atoms with E-state index in [-0.39, 0.29) is 18.0 Å². The van der Waals surface area contributed by atoms with E-state index in [1.165, 1.54) is 11.3 Å². The highest BCUT2D eigenvalue weighted by Crippen LogP contribution is 2.26. The molecule has 1 fully saturated rings. The maximum atomic E-state index is 12.1. The van der Waals surface area contributed by atoms with E-state index in [9.17, 15) is 9.59 Å². The lowest BCUT2D eigenvalue weighted by molar-refractivity contribution is -0.130. The largest absolute Gasteiger partial charge is 0.339 e. The lowest BCUT2D eigenvalue weighted by atomic mass is 10.2. The van der Waals surface area contributed by atoms with Crippen molar-refractivity contribution >= 4 is 34.9 Å². The first kappa shape index (κ1) is 15.1. The third-order valence-electron chi connectivity index (χ3n) is 3.37. The number of carbonyl (C=O) groups excluding carboxylic acids is 2. The first-order chi connectivity index (χ1) is 9.47. The quantitative estimate of drug-likeness (QED) is 0.910. The Hall–Kier alpha value is -1.27. The second-order valence-corrected chi connectivity index (χ2v) is 6.55. The summed E-state index contributed by atoms with van der Waals surface area (Å²) in [7, 11) is 0. The fourth-order valence-corrected chi connectivity index (χ4v) is 3.20. The topological polar surface area (TPSA) is 52.7 Å². The third kappa shape index (κ3) is 3.64. The zero-order chi connectivity index (χ0) is 14.7. The van der Waals surface area contributed by atoms with Crippen LogP contribution in [0.4, 0.5) is 4.79 Å². The highest BCUT2D eigenvalue weighted by atomic mass is 35.5. The molecule has 20 heavy (non-hydrogen) atoms. The van der Waals surface area contributed by atoms with Crippen molar-refractivity contribution in [1.29, 1.82) is 0 Å². The minimum atomic E-state index is -0.0924. The molecule has 2 rings (SSSR count). The van der Waals surface area contributed by atoms with E-state index in [4.69, 9.17) is 11.6 Å². The Morgan fingerprint density at radius 2 is 1.85 bits per heavy atom. The molecule has 1 atom stereocenters. The molecule has 5 nitrogen and oxygen atoms in total. The Balaban J connectivity index is 1.85. The average Bonchev–Trinajstić information content (AvgIpc) is 2.85. The molecule has 1 N–H and O–H groups in total. The van der Waals surface area contributed by atoms with Crippen LogP contribution in [0.15, 0.2) is 12.1 Å². The summed E-state index contributed by atoms with van der Waals surface area (Å²) < 4.78 is 0.719. The van der Waals surface area contributed by atoms with E-state index < -0.39 is 0 Å². The van der Waals surface area contributed by atoms with Gasteiger partial charge in [0.15, 0.2) is 0 Å². The second-order valence-electron chi connectivity index (χ2n) is 4.81. The van der Waals surface area contributed by atoms with E-state index in [2.05, 4.69) is 5.32 Å². The van der Waals surface area contributed by atoms with Crippen molar-refractivity contribution in [3.8, 4) is 0 Å². The van der Waals surface area contributed by atoms with Gasteiger partial charge in [0.2, 0.25) is 5.91 Å². The molecule has 0 unspecified atom stereocenters. The minimum absolute atomic E-state index is 0.0617. The lowest BCUT2D eigenvalue weighted by Gasteiger charge is -2.34. The summed E-state index contributed by atoms with van der Waals surface area (Å²) in [5.74, 6) is 0.0617. The predicted octanol–water partition coefficient (Wildman–Crippen LogP) is 2.34. The third-order valence-corrected chi connectivity index (χ3v) is 4.79. The van der Waals surface area contributed by atoms with Crippen LogP contribution >= 0.6 is 22.9 Å². The van der Waals surface area contributed by atoms with E-state index in [0.717, 1.165) is 9.21 Å². The van der Waals surface area contributed by atoms with Crippen molar-refractivity contribution in [3.05, 3.63) is 21.3 Å². The standard InChI is InChI=1S/C13H18ClN3O2S/c1-9(11-3-4-12(14)20-11)15-13(19)17-7-5-16(6-8-17)10(2)18/h3-4,9H,5-8H2,1-2H3,(H,15,19)/t9-/m0/s1. The number of carbonyl (C=O) groups is 2. The van der Waals surface area contributed by atoms with Gasteiger partial charge in [-0.3, -0.25) is 4.79 Å². The first-order valence-electron chi connectivity index (χ1n) is 6.53. The van der Waals surface area contributed by atoms with Gasteiger partial charge in [-0.25, -0.2) is 4.79 Å². The summed E-state index contributed by atoms with van der Waals surface area (Å²) in [5.41, 5.74) is 0. The van der Waals surface area contributed by atoms with Crippen LogP contribution < -0.4 is 5.32 Å². The van der Waals surface area contributed by atoms with Gasteiger partial charge in [0.25, 0.3) is 0 Å². The summed E-state index contributed by atoms with van der Waals surface area (Å²) in [6.07, 6.45) is 0. The lowest BCUT2D eigenvalue weighted by Crippen LogP contribution is -2.53. The van der Waals surface area contributed by atoms with Gasteiger partial charge in [-0.2, -0.15) is 0 Å². The summed E-state index contributed by atoms with van der Waals surface area (Å²) in [5, 5.41) is 2.96. The van der Waals surface area contributed by atoms with Crippen molar-refractivity contribution in [3.63, 3.8) is 0 Å². The van der Waals surface area contributed by atoms with Gasteiger partial charge >= 0.3 is 6.03 Å². The summed E-state index contributed by atoms with van der Waals surface area (Å²) >= 11 is 7.36. The predicted molar refractivity (Wildman–Crippen MR) is 80.1 cm³/mol. The van der Waals surface area contributed by atoms with Crippen LogP contribution in [0.2, 0.25) is 4.34 Å². The van der Waals surface area contributed by atoms with Crippen molar-refractivity contribution in [1.82, 2.24) is 15.1 Å². The molecule has 1 saturated heterocycles. The number of nitrogens with one attached hydrogen (secondary N) is 1. The minimum Gasteiger partial charge on any atom is -0.339 e. The molecule has 2 heterocycles. The maximum absolute atomic E-state index is 12.1. The van der Waals surface area contributed by atoms with Crippen LogP contribution in [0.5, 0.6) is 0 Å². The van der Waals surface area contributed by atoms with E-state index >= 15 is 0 Å². The molecule has 0 bridgehead atoms. The average molecular weight is 316 g/mol. The van der Waals surface area contributed by atoms with Gasteiger partial charge in [0.05, 0.1) is 10.4 Å². The Kier molecular flexibility index (Phi) is 4.88. The maximum Gasteiger partial charge on any atom is 0.318 e. The molecule has 0 radical (unpaired) electrons. The van der Waals surface area contributed by atoms with Crippen LogP contribution in [0, 0.1) is 0 Å². The molecule has 1 aromatic heterocycles. The Labute approximate surface area is 127 Å². The van der Waals surface area contributed by atoms with Crippen molar-refractivity contribution in [2.45, 2.75) is 19.9 Å². The molecule has 1 aromatic rings. The van der Waals surface area contributed by atoms with Gasteiger partial charge in [-0.15, -0.1) is 11.3 Å². The molecule has 0 aliphatic carbocycles. The number of nitrogens with zero attached hydrogens (tertiary/aromatic N) is 2. The molecule has 1 aliphatic rings. The Bertz CT molecular complexity index is 498. The normalized spacial score (nSPS) is 16.9. The summed E-state index contributed by atoms with van der Waals surface area (Å²) in [6.45, 7) is 5.83. The number of halogens is 1. The second kappa shape index (κ2) is 6.45. The number of thiophene rings is 1. The van der Waals surface area contributed by atoms with Gasteiger partial charge in [0.1, 0.15) is 0 Å². The number of amides is 3. The van der Waals surface area contributed by atoms with E-state index in [0.29, 0.717) is 26.2 Å². The fraction of sp³-hybridized carbons (Fsp3) is 0.538. The molecule has 0 aromatic carbocycles. The zero-order valence-electron chi connectivity index (χ0n) is 11.6. The highest BCUT2D eigenvalue weighted by molar-refractivity contribution is 7.16. The highest BCUT2D eigenvalue weighted by Gasteiger charge is 2.23. The van der Waals surface area contributed by atoms with Crippen LogP contribution in [0.1, 0.15) is 24.8 Å². The zero-order valence-corrected chi connectivity index (χ0v) is 13.1. The van der Waals surface area contributed by atoms with E-state index in [1.54, 1.807) is 16.7 Å². The van der Waals surface area contributed by atoms with Crippen molar-refractivity contribution in [2.75, 3.05) is 26.2 Å². The Morgan fingerprint density at radius 1 is 1.25 bits per heavy atom. The van der Waals surface area contributed by atoms with Gasteiger partial charge in [0, 0.05) is 38.0 Å². The molecular weight excluding hydrogens is 298 g/mol. The molecule has 7 heteroatoms. The van der Waals surface area contributed by atoms with Crippen LogP contribution in [0.25, 0.3) is 0 Å². The van der Waals surface area contributed by atoms with Gasteiger partial charge < -0.3 is 15.1 Å². The number of hydrogen-bond acceptors (Lipinski definition) is 3. The smallest absolute Gasteiger partial charge is 0.318 e. The fourth-order valence-electron chi connectivity index (χ4n) is 2.13. The Morgan fingerprint density at radius 3 is 2.35 bits per heavy atom. The number of piperazine rings is 1. The van der Waals surface area contributed by atoms with Crippen molar-refractivity contribution < 1.29 is 9.59 Å². The molecule has 0 saturated carbocycles. The summed E-state index contributed by atoms with van der Waals surface area (Å²) in [6, 6.07) is 3.60. The van der Waals surface area contributed by atoms with E-state index in [1.807, 2.05) is 19.1 Å². The van der Waals surface area contributed by atoms with Crippen LogP contribution in [-0.4, -0.2) is 47.9 Å². The van der Waals surface area contributed by atoms with Gasteiger partial charge in [-0.05, 0) is 19.1 Å². The number of urea groups is 1. The number of rotatable bonds is 2.